The van der Waals surface area contributed by atoms with Crippen molar-refractivity contribution < 1.29 is 8.42 Å². The predicted octanol–water partition coefficient (Wildman–Crippen LogP) is 2.86. The highest BCUT2D eigenvalue weighted by Gasteiger charge is 2.20. The highest BCUT2D eigenvalue weighted by molar-refractivity contribution is 7.92. The highest BCUT2D eigenvalue weighted by Crippen LogP contribution is 2.23. The molecular formula is C24H33N7O2S. The molecule has 0 atom stereocenters. The Labute approximate surface area is 201 Å². The van der Waals surface area contributed by atoms with Crippen molar-refractivity contribution in [2.45, 2.75) is 25.2 Å². The van der Waals surface area contributed by atoms with Crippen LogP contribution in [0.2, 0.25) is 0 Å². The van der Waals surface area contributed by atoms with E-state index in [1.807, 2.05) is 6.92 Å². The first-order valence-corrected chi connectivity index (χ1v) is 13.1. The van der Waals surface area contributed by atoms with E-state index in [1.54, 1.807) is 30.8 Å². The van der Waals surface area contributed by atoms with E-state index in [0.717, 1.165) is 51.4 Å². The van der Waals surface area contributed by atoms with Crippen molar-refractivity contribution in [1.82, 2.24) is 19.7 Å². The quantitative estimate of drug-likeness (QED) is 0.452. The molecule has 34 heavy (non-hydrogen) atoms. The molecule has 1 aliphatic heterocycles. The number of pyridine rings is 1. The van der Waals surface area contributed by atoms with Gasteiger partial charge in [0.15, 0.2) is 0 Å². The largest absolute Gasteiger partial charge is 0.370 e. The van der Waals surface area contributed by atoms with Gasteiger partial charge in [-0.1, -0.05) is 18.2 Å². The molecule has 0 amide bonds. The number of benzene rings is 1. The molecule has 1 aromatic carbocycles. The van der Waals surface area contributed by atoms with Gasteiger partial charge < -0.3 is 10.2 Å². The fourth-order valence-electron chi connectivity index (χ4n) is 4.15. The normalized spacial score (nSPS) is 14.9. The van der Waals surface area contributed by atoms with Crippen LogP contribution in [-0.4, -0.2) is 67.4 Å². The number of para-hydroxylation sites is 1. The zero-order valence-electron chi connectivity index (χ0n) is 20.0. The molecule has 0 saturated carbocycles. The first-order valence-electron chi connectivity index (χ1n) is 11.6. The maximum absolute atomic E-state index is 12.8. The van der Waals surface area contributed by atoms with Crippen molar-refractivity contribution in [1.29, 1.82) is 0 Å². The van der Waals surface area contributed by atoms with Crippen molar-refractivity contribution in [3.05, 3.63) is 60.0 Å². The molecule has 0 unspecified atom stereocenters. The summed E-state index contributed by atoms with van der Waals surface area (Å²) in [5.74, 6) is 0.668. The van der Waals surface area contributed by atoms with Gasteiger partial charge in [0.1, 0.15) is 10.7 Å². The van der Waals surface area contributed by atoms with Gasteiger partial charge >= 0.3 is 0 Å². The molecule has 3 aromatic rings. The van der Waals surface area contributed by atoms with E-state index in [1.165, 1.54) is 11.9 Å². The Hall–Kier alpha value is -3.11. The van der Waals surface area contributed by atoms with Gasteiger partial charge in [0.05, 0.1) is 17.1 Å². The first kappa shape index (κ1) is 24.0. The van der Waals surface area contributed by atoms with Crippen LogP contribution in [0.15, 0.2) is 53.6 Å². The molecule has 1 aliphatic rings. The Morgan fingerprint density at radius 1 is 1.00 bits per heavy atom. The summed E-state index contributed by atoms with van der Waals surface area (Å²) in [7, 11) is -1.95. The molecule has 0 radical (unpaired) electrons. The van der Waals surface area contributed by atoms with E-state index in [4.69, 9.17) is 0 Å². The number of anilines is 3. The lowest BCUT2D eigenvalue weighted by Gasteiger charge is -2.36. The summed E-state index contributed by atoms with van der Waals surface area (Å²) in [5.41, 5.74) is 3.20. The van der Waals surface area contributed by atoms with Crippen LogP contribution in [0.4, 0.5) is 17.2 Å². The van der Waals surface area contributed by atoms with Crippen LogP contribution < -0.4 is 14.9 Å². The van der Waals surface area contributed by atoms with Crippen LogP contribution in [-0.2, 0) is 17.1 Å². The van der Waals surface area contributed by atoms with Gasteiger partial charge in [-0.15, -0.1) is 0 Å². The second kappa shape index (κ2) is 10.4. The molecule has 3 heterocycles. The molecule has 4 rings (SSSR count). The van der Waals surface area contributed by atoms with E-state index < -0.39 is 10.0 Å². The van der Waals surface area contributed by atoms with Crippen molar-refractivity contribution >= 4 is 27.2 Å². The highest BCUT2D eigenvalue weighted by atomic mass is 32.2. The van der Waals surface area contributed by atoms with Crippen LogP contribution in [0.5, 0.6) is 0 Å². The third kappa shape index (κ3) is 5.68. The number of piperazine rings is 1. The van der Waals surface area contributed by atoms with Crippen LogP contribution in [0, 0.1) is 13.8 Å². The van der Waals surface area contributed by atoms with Gasteiger partial charge in [0, 0.05) is 51.7 Å². The maximum atomic E-state index is 12.8. The molecule has 2 N–H and O–H groups in total. The summed E-state index contributed by atoms with van der Waals surface area (Å²) < 4.78 is 29.8. The Balaban J connectivity index is 1.21. The predicted molar refractivity (Wildman–Crippen MR) is 136 cm³/mol. The Morgan fingerprint density at radius 2 is 1.74 bits per heavy atom. The second-order valence-electron chi connectivity index (χ2n) is 8.60. The van der Waals surface area contributed by atoms with E-state index in [0.29, 0.717) is 17.2 Å². The maximum Gasteiger partial charge on any atom is 0.263 e. The lowest BCUT2D eigenvalue weighted by atomic mass is 10.2. The number of sulfonamides is 1. The number of nitrogens with zero attached hydrogens (tertiary/aromatic N) is 5. The average molecular weight is 484 g/mol. The van der Waals surface area contributed by atoms with E-state index in [9.17, 15) is 8.42 Å². The Kier molecular flexibility index (Phi) is 7.38. The lowest BCUT2D eigenvalue weighted by molar-refractivity contribution is 0.257. The van der Waals surface area contributed by atoms with Crippen LogP contribution in [0.1, 0.15) is 17.8 Å². The number of aryl methyl sites for hydroxylation is 2. The van der Waals surface area contributed by atoms with Gasteiger partial charge in [-0.05, 0) is 51.1 Å². The number of nitrogens with one attached hydrogen (secondary N) is 2. The molecule has 0 bridgehead atoms. The molecule has 9 nitrogen and oxygen atoms in total. The van der Waals surface area contributed by atoms with Crippen LogP contribution in [0.3, 0.4) is 0 Å². The summed E-state index contributed by atoms with van der Waals surface area (Å²) in [4.78, 5) is 9.33. The minimum absolute atomic E-state index is 0.122. The fourth-order valence-corrected chi connectivity index (χ4v) is 5.27. The molecule has 1 fully saturated rings. The Bertz CT molecular complexity index is 1190. The van der Waals surface area contributed by atoms with Crippen molar-refractivity contribution in [2.75, 3.05) is 54.2 Å². The van der Waals surface area contributed by atoms with Gasteiger partial charge in [0.25, 0.3) is 10.0 Å². The number of aromatic nitrogens is 3. The zero-order chi connectivity index (χ0) is 24.1. The molecular weight excluding hydrogens is 450 g/mol. The van der Waals surface area contributed by atoms with Crippen molar-refractivity contribution in [3.63, 3.8) is 0 Å². The zero-order valence-corrected chi connectivity index (χ0v) is 20.8. The average Bonchev–Trinajstić information content (AvgIpc) is 3.08. The number of hydrogen-bond acceptors (Lipinski definition) is 7. The van der Waals surface area contributed by atoms with E-state index in [2.05, 4.69) is 60.3 Å². The SMILES string of the molecule is Cc1nn(C)c(C)c1NS(=O)(=O)c1ccc(NCCCN2CCN(c3ccccc3)CC2)nc1. The monoisotopic (exact) mass is 483 g/mol. The topological polar surface area (TPSA) is 95.4 Å². The van der Waals surface area contributed by atoms with Gasteiger partial charge in [-0.25, -0.2) is 13.4 Å². The third-order valence-electron chi connectivity index (χ3n) is 6.24. The second-order valence-corrected chi connectivity index (χ2v) is 10.3. The van der Waals surface area contributed by atoms with E-state index >= 15 is 0 Å². The standard InChI is InChI=1S/C24H33N7O2S/c1-19-24(20(2)29(3)27-19)28-34(32,33)22-10-11-23(26-18-22)25-12-7-13-30-14-16-31(17-15-30)21-8-5-4-6-9-21/h4-6,8-11,18,28H,7,12-17H2,1-3H3,(H,25,26). The summed E-state index contributed by atoms with van der Waals surface area (Å²) >= 11 is 0. The summed E-state index contributed by atoms with van der Waals surface area (Å²) in [6.45, 7) is 9.61. The number of rotatable bonds is 9. The van der Waals surface area contributed by atoms with Gasteiger partial charge in [-0.2, -0.15) is 5.10 Å². The van der Waals surface area contributed by atoms with Gasteiger partial charge in [-0.3, -0.25) is 14.3 Å². The molecule has 0 aliphatic carbocycles. The molecule has 10 heteroatoms. The lowest BCUT2D eigenvalue weighted by Crippen LogP contribution is -2.46. The molecule has 2 aromatic heterocycles. The number of hydrogen-bond donors (Lipinski definition) is 2. The molecule has 182 valence electrons. The summed E-state index contributed by atoms with van der Waals surface area (Å²) in [6, 6.07) is 13.8. The smallest absolute Gasteiger partial charge is 0.263 e. The summed E-state index contributed by atoms with van der Waals surface area (Å²) in [5, 5.41) is 7.55. The van der Waals surface area contributed by atoms with E-state index in [-0.39, 0.29) is 4.90 Å². The minimum atomic E-state index is -3.73. The van der Waals surface area contributed by atoms with Gasteiger partial charge in [0.2, 0.25) is 0 Å². The van der Waals surface area contributed by atoms with Crippen LogP contribution in [0.25, 0.3) is 0 Å². The Morgan fingerprint density at radius 3 is 2.35 bits per heavy atom. The van der Waals surface area contributed by atoms with Crippen molar-refractivity contribution in [2.24, 2.45) is 7.05 Å². The molecule has 0 spiro atoms. The minimum Gasteiger partial charge on any atom is -0.370 e. The fraction of sp³-hybridized carbons (Fsp3) is 0.417. The first-order chi connectivity index (χ1) is 16.3. The summed E-state index contributed by atoms with van der Waals surface area (Å²) in [6.07, 6.45) is 2.38. The van der Waals surface area contributed by atoms with Crippen LogP contribution >= 0.6 is 0 Å². The molecule has 1 saturated heterocycles. The van der Waals surface area contributed by atoms with Crippen molar-refractivity contribution in [3.8, 4) is 0 Å². The third-order valence-corrected chi connectivity index (χ3v) is 7.58.